The first-order valence-electron chi connectivity index (χ1n) is 11.8. The van der Waals surface area contributed by atoms with Crippen LogP contribution in [0.25, 0.3) is 5.52 Å². The van der Waals surface area contributed by atoms with Gasteiger partial charge in [-0.25, -0.2) is 14.4 Å². The number of aromatic nitrogens is 3. The fourth-order valence-electron chi connectivity index (χ4n) is 5.18. The third-order valence-electron chi connectivity index (χ3n) is 6.93. The molecule has 1 aromatic carbocycles. The van der Waals surface area contributed by atoms with Crippen LogP contribution in [0, 0.1) is 18.2 Å². The molecule has 11 heteroatoms. The van der Waals surface area contributed by atoms with Gasteiger partial charge >= 0.3 is 0 Å². The summed E-state index contributed by atoms with van der Waals surface area (Å²) in [5.74, 6) is -0.368. The van der Waals surface area contributed by atoms with Crippen LogP contribution in [-0.4, -0.2) is 57.6 Å². The molecule has 0 saturated carbocycles. The van der Waals surface area contributed by atoms with E-state index in [9.17, 15) is 4.79 Å². The Bertz CT molecular complexity index is 1320. The Kier molecular flexibility index (Phi) is 7.15. The lowest BCUT2D eigenvalue weighted by molar-refractivity contribution is -0.000282. The number of aryl methyl sites for hydroxylation is 1. The molecule has 4 heterocycles. The summed E-state index contributed by atoms with van der Waals surface area (Å²) in [6.07, 6.45) is 3.99. The third kappa shape index (κ3) is 4.29. The number of amides is 1. The lowest BCUT2D eigenvalue weighted by atomic mass is 9.79. The van der Waals surface area contributed by atoms with E-state index in [2.05, 4.69) is 4.98 Å². The SMILES string of the molecule is Cc1nc([C@@H](C)c2cc(Cl)c(F)c(C(=O)N3CC4(CCOC4)C3)c2OC(C)C)n2ccnc(N)c12.S. The summed E-state index contributed by atoms with van der Waals surface area (Å²) < 4.78 is 29.0. The Morgan fingerprint density at radius 3 is 2.69 bits per heavy atom. The van der Waals surface area contributed by atoms with E-state index >= 15 is 4.39 Å². The van der Waals surface area contributed by atoms with E-state index in [-0.39, 0.29) is 47.3 Å². The monoisotopic (exact) mass is 535 g/mol. The van der Waals surface area contributed by atoms with Crippen LogP contribution in [0.2, 0.25) is 5.02 Å². The van der Waals surface area contributed by atoms with Crippen molar-refractivity contribution in [1.29, 1.82) is 0 Å². The van der Waals surface area contributed by atoms with Gasteiger partial charge < -0.3 is 20.1 Å². The quantitative estimate of drug-likeness (QED) is 0.522. The number of fused-ring (bicyclic) bond motifs is 1. The first kappa shape index (κ1) is 26.5. The summed E-state index contributed by atoms with van der Waals surface area (Å²) in [6, 6.07) is 1.53. The molecule has 0 bridgehead atoms. The number of carbonyl (C=O) groups excluding carboxylic acids is 1. The number of imidazole rings is 1. The van der Waals surface area contributed by atoms with Gasteiger partial charge in [0.15, 0.2) is 5.82 Å². The number of rotatable bonds is 5. The highest BCUT2D eigenvalue weighted by atomic mass is 35.5. The largest absolute Gasteiger partial charge is 0.490 e. The number of nitrogen functional groups attached to an aromatic ring is 1. The van der Waals surface area contributed by atoms with Gasteiger partial charge in [0, 0.05) is 49.0 Å². The molecule has 1 spiro atoms. The zero-order valence-electron chi connectivity index (χ0n) is 20.8. The van der Waals surface area contributed by atoms with Crippen LogP contribution in [0.15, 0.2) is 18.5 Å². The minimum atomic E-state index is -0.774. The zero-order valence-corrected chi connectivity index (χ0v) is 22.5. The summed E-state index contributed by atoms with van der Waals surface area (Å²) in [7, 11) is 0. The molecule has 2 aliphatic rings. The van der Waals surface area contributed by atoms with Crippen molar-refractivity contribution in [3.05, 3.63) is 51.9 Å². The van der Waals surface area contributed by atoms with E-state index in [1.54, 1.807) is 17.3 Å². The number of hydrogen-bond acceptors (Lipinski definition) is 6. The zero-order chi connectivity index (χ0) is 25.1. The Hall–Kier alpha value is -2.56. The number of anilines is 1. The molecule has 3 aromatic rings. The third-order valence-corrected chi connectivity index (χ3v) is 7.21. The minimum Gasteiger partial charge on any atom is -0.490 e. The molecule has 2 fully saturated rings. The van der Waals surface area contributed by atoms with Gasteiger partial charge in [-0.1, -0.05) is 18.5 Å². The molecule has 0 unspecified atom stereocenters. The molecule has 194 valence electrons. The van der Waals surface area contributed by atoms with Crippen LogP contribution in [0.3, 0.4) is 0 Å². The first-order valence-corrected chi connectivity index (χ1v) is 12.1. The molecule has 1 atom stereocenters. The van der Waals surface area contributed by atoms with E-state index in [1.165, 1.54) is 6.07 Å². The molecule has 8 nitrogen and oxygen atoms in total. The van der Waals surface area contributed by atoms with E-state index in [1.807, 2.05) is 32.1 Å². The highest BCUT2D eigenvalue weighted by Gasteiger charge is 2.49. The van der Waals surface area contributed by atoms with Gasteiger partial charge in [0.1, 0.15) is 28.5 Å². The van der Waals surface area contributed by atoms with Crippen molar-refractivity contribution < 1.29 is 18.7 Å². The van der Waals surface area contributed by atoms with E-state index < -0.39 is 11.7 Å². The van der Waals surface area contributed by atoms with Gasteiger partial charge in [-0.3, -0.25) is 9.20 Å². The maximum Gasteiger partial charge on any atom is 0.260 e. The van der Waals surface area contributed by atoms with E-state index in [4.69, 9.17) is 31.8 Å². The summed E-state index contributed by atoms with van der Waals surface area (Å²) in [6.45, 7) is 9.82. The van der Waals surface area contributed by atoms with Crippen molar-refractivity contribution in [2.45, 2.75) is 46.1 Å². The Labute approximate surface area is 221 Å². The van der Waals surface area contributed by atoms with Gasteiger partial charge in [-0.2, -0.15) is 13.5 Å². The molecule has 1 amide bonds. The van der Waals surface area contributed by atoms with E-state index in [0.717, 1.165) is 12.1 Å². The van der Waals surface area contributed by atoms with Gasteiger partial charge in [-0.15, -0.1) is 0 Å². The van der Waals surface area contributed by atoms with Crippen molar-refractivity contribution >= 4 is 42.3 Å². The number of nitrogens with two attached hydrogens (primary N) is 1. The van der Waals surface area contributed by atoms with Crippen LogP contribution >= 0.6 is 25.1 Å². The first-order chi connectivity index (χ1) is 16.6. The standard InChI is InChI=1S/C25H29ClFN5O3.H2S/c1-13(2)35-21-16(14(3)23-30-15(4)20-22(28)29-6-7-32(20)23)9-17(26)19(27)18(21)24(33)31-10-25(11-31)5-8-34-12-25;/h6-7,9,13-14H,5,8,10-12H2,1-4H3,(H2,28,29);1H2/t14-;/m0./s1. The van der Waals surface area contributed by atoms with Crippen LogP contribution in [-0.2, 0) is 4.74 Å². The Morgan fingerprint density at radius 2 is 2.06 bits per heavy atom. The fourth-order valence-corrected chi connectivity index (χ4v) is 5.39. The maximum atomic E-state index is 15.5. The summed E-state index contributed by atoms with van der Waals surface area (Å²) >= 11 is 6.36. The second-order valence-electron chi connectivity index (χ2n) is 9.90. The number of hydrogen-bond donors (Lipinski definition) is 1. The Balaban J connectivity index is 0.00000304. The second-order valence-corrected chi connectivity index (χ2v) is 10.3. The van der Waals surface area contributed by atoms with Gasteiger partial charge in [-0.05, 0) is 33.3 Å². The molecular weight excluding hydrogens is 505 g/mol. The molecular formula is C25H31ClFN5O3S. The lowest BCUT2D eigenvalue weighted by Gasteiger charge is -2.47. The number of carbonyl (C=O) groups is 1. The normalized spacial score (nSPS) is 17.4. The number of nitrogens with zero attached hydrogens (tertiary/aromatic N) is 4. The summed E-state index contributed by atoms with van der Waals surface area (Å²) in [5.41, 5.74) is 7.93. The number of halogens is 2. The van der Waals surface area contributed by atoms with Crippen molar-refractivity contribution in [3.8, 4) is 5.75 Å². The number of benzene rings is 1. The molecule has 2 aromatic heterocycles. The number of ether oxygens (including phenoxy) is 2. The molecule has 0 aliphatic carbocycles. The molecule has 0 radical (unpaired) electrons. The van der Waals surface area contributed by atoms with Crippen molar-refractivity contribution in [3.63, 3.8) is 0 Å². The van der Waals surface area contributed by atoms with Crippen molar-refractivity contribution in [1.82, 2.24) is 19.3 Å². The minimum absolute atomic E-state index is 0. The van der Waals surface area contributed by atoms with Crippen LogP contribution in [0.1, 0.15) is 60.5 Å². The fraction of sp³-hybridized carbons (Fsp3) is 0.480. The number of likely N-dealkylation sites (tertiary alicyclic amines) is 1. The van der Waals surface area contributed by atoms with Gasteiger partial charge in [0.2, 0.25) is 0 Å². The molecule has 5 rings (SSSR count). The van der Waals surface area contributed by atoms with Gasteiger partial charge in [0.25, 0.3) is 5.91 Å². The van der Waals surface area contributed by atoms with Crippen molar-refractivity contribution in [2.75, 3.05) is 32.0 Å². The topological polar surface area (TPSA) is 95.0 Å². The van der Waals surface area contributed by atoms with Crippen molar-refractivity contribution in [2.24, 2.45) is 5.41 Å². The molecule has 2 N–H and O–H groups in total. The average molecular weight is 536 g/mol. The highest BCUT2D eigenvalue weighted by molar-refractivity contribution is 7.59. The smallest absolute Gasteiger partial charge is 0.260 e. The summed E-state index contributed by atoms with van der Waals surface area (Å²) in [4.78, 5) is 24.1. The summed E-state index contributed by atoms with van der Waals surface area (Å²) in [5, 5.41) is -0.135. The lowest BCUT2D eigenvalue weighted by Crippen LogP contribution is -2.59. The van der Waals surface area contributed by atoms with Crippen LogP contribution in [0.4, 0.5) is 10.2 Å². The van der Waals surface area contributed by atoms with Crippen LogP contribution < -0.4 is 10.5 Å². The average Bonchev–Trinajstić information content (AvgIpc) is 3.40. The highest BCUT2D eigenvalue weighted by Crippen LogP contribution is 2.43. The second kappa shape index (κ2) is 9.72. The predicted molar refractivity (Wildman–Crippen MR) is 141 cm³/mol. The Morgan fingerprint density at radius 1 is 1.33 bits per heavy atom. The molecule has 36 heavy (non-hydrogen) atoms. The maximum absolute atomic E-state index is 15.5. The molecule has 2 saturated heterocycles. The predicted octanol–water partition coefficient (Wildman–Crippen LogP) is 4.33. The van der Waals surface area contributed by atoms with Crippen LogP contribution in [0.5, 0.6) is 5.75 Å². The van der Waals surface area contributed by atoms with Gasteiger partial charge in [0.05, 0.1) is 23.4 Å². The molecule has 2 aliphatic heterocycles. The van der Waals surface area contributed by atoms with E-state index in [0.29, 0.717) is 49.0 Å².